The number of hydrogen-bond donors (Lipinski definition) is 2. The third kappa shape index (κ3) is 6.78. The molecule has 2 amide bonds. The van der Waals surface area contributed by atoms with Crippen LogP contribution in [0.5, 0.6) is 0 Å². The largest absolute Gasteiger partial charge is 0.480 e. The van der Waals surface area contributed by atoms with Crippen LogP contribution < -0.4 is 5.32 Å². The van der Waals surface area contributed by atoms with Gasteiger partial charge in [-0.3, -0.25) is 9.69 Å². The van der Waals surface area contributed by atoms with E-state index in [1.807, 2.05) is 16.7 Å². The fraction of sp³-hybridized carbons (Fsp3) is 0.900. The van der Waals surface area contributed by atoms with Crippen LogP contribution in [0.4, 0.5) is 4.79 Å². The maximum absolute atomic E-state index is 12.5. The molecule has 1 saturated carbocycles. The molecule has 1 saturated heterocycles. The Morgan fingerprint density at radius 3 is 2.38 bits per heavy atom. The van der Waals surface area contributed by atoms with Gasteiger partial charge >= 0.3 is 12.0 Å². The standard InChI is InChI=1S/C20H37N3O3/c1-3-22(15-19(24)25)18-11-13-23(14-12-18)20(26)21-16(2)9-10-17-7-5-4-6-8-17/h16-18H,3-15H2,1-2H3,(H,21,26)(H,24,25). The summed E-state index contributed by atoms with van der Waals surface area (Å²) in [7, 11) is 0. The van der Waals surface area contributed by atoms with Crippen molar-refractivity contribution >= 4 is 12.0 Å². The molecule has 1 aliphatic heterocycles. The molecule has 0 aromatic rings. The monoisotopic (exact) mass is 367 g/mol. The molecule has 1 unspecified atom stereocenters. The molecule has 0 radical (unpaired) electrons. The first-order valence-electron chi connectivity index (χ1n) is 10.5. The van der Waals surface area contributed by atoms with Gasteiger partial charge in [-0.05, 0) is 45.1 Å². The number of hydrogen-bond acceptors (Lipinski definition) is 3. The van der Waals surface area contributed by atoms with Crippen LogP contribution in [0.3, 0.4) is 0 Å². The van der Waals surface area contributed by atoms with E-state index in [-0.39, 0.29) is 24.7 Å². The lowest BCUT2D eigenvalue weighted by Gasteiger charge is -2.37. The third-order valence-electron chi connectivity index (χ3n) is 6.12. The number of carbonyl (C=O) groups excluding carboxylic acids is 1. The van der Waals surface area contributed by atoms with Crippen LogP contribution in [-0.2, 0) is 4.79 Å². The zero-order chi connectivity index (χ0) is 18.9. The molecule has 6 heteroatoms. The van der Waals surface area contributed by atoms with Gasteiger partial charge in [0.1, 0.15) is 0 Å². The molecule has 0 bridgehead atoms. The maximum Gasteiger partial charge on any atom is 0.317 e. The normalized spacial score (nSPS) is 21.0. The summed E-state index contributed by atoms with van der Waals surface area (Å²) in [6.07, 6.45) is 10.8. The van der Waals surface area contributed by atoms with Crippen molar-refractivity contribution in [2.24, 2.45) is 5.92 Å². The molecule has 6 nitrogen and oxygen atoms in total. The molecule has 150 valence electrons. The number of likely N-dealkylation sites (tertiary alicyclic amines) is 1. The second-order valence-corrected chi connectivity index (χ2v) is 8.11. The molecule has 2 fully saturated rings. The quantitative estimate of drug-likeness (QED) is 0.690. The summed E-state index contributed by atoms with van der Waals surface area (Å²) >= 11 is 0. The van der Waals surface area contributed by atoms with Crippen molar-refractivity contribution < 1.29 is 14.7 Å². The fourth-order valence-electron chi connectivity index (χ4n) is 4.44. The number of carboxylic acid groups (broad SMARTS) is 1. The van der Waals surface area contributed by atoms with E-state index in [9.17, 15) is 9.59 Å². The fourth-order valence-corrected chi connectivity index (χ4v) is 4.44. The van der Waals surface area contributed by atoms with E-state index in [1.165, 1.54) is 38.5 Å². The number of nitrogens with one attached hydrogen (secondary N) is 1. The van der Waals surface area contributed by atoms with Crippen molar-refractivity contribution in [2.45, 2.75) is 83.7 Å². The Labute approximate surface area is 158 Å². The summed E-state index contributed by atoms with van der Waals surface area (Å²) in [5.41, 5.74) is 0. The van der Waals surface area contributed by atoms with Crippen LogP contribution in [-0.4, -0.2) is 65.2 Å². The predicted molar refractivity (Wildman–Crippen MR) is 103 cm³/mol. The second-order valence-electron chi connectivity index (χ2n) is 8.11. The molecule has 1 aliphatic carbocycles. The number of piperidine rings is 1. The van der Waals surface area contributed by atoms with Crippen LogP contribution in [0, 0.1) is 5.92 Å². The Kier molecular flexibility index (Phi) is 8.69. The van der Waals surface area contributed by atoms with Crippen molar-refractivity contribution in [1.82, 2.24) is 15.1 Å². The Morgan fingerprint density at radius 2 is 1.81 bits per heavy atom. The number of carbonyl (C=O) groups is 2. The molecule has 1 atom stereocenters. The van der Waals surface area contributed by atoms with Crippen molar-refractivity contribution in [2.75, 3.05) is 26.2 Å². The number of carboxylic acids is 1. The number of amides is 2. The van der Waals surface area contributed by atoms with Gasteiger partial charge in [0.2, 0.25) is 0 Å². The van der Waals surface area contributed by atoms with Crippen LogP contribution in [0.15, 0.2) is 0 Å². The van der Waals surface area contributed by atoms with E-state index in [2.05, 4.69) is 12.2 Å². The maximum atomic E-state index is 12.5. The van der Waals surface area contributed by atoms with Gasteiger partial charge in [0.15, 0.2) is 0 Å². The minimum Gasteiger partial charge on any atom is -0.480 e. The number of nitrogens with zero attached hydrogens (tertiary/aromatic N) is 2. The van der Waals surface area contributed by atoms with Crippen molar-refractivity contribution in [3.63, 3.8) is 0 Å². The lowest BCUT2D eigenvalue weighted by atomic mass is 9.85. The molecule has 0 spiro atoms. The van der Waals surface area contributed by atoms with Crippen molar-refractivity contribution in [1.29, 1.82) is 0 Å². The first-order valence-corrected chi connectivity index (χ1v) is 10.5. The van der Waals surface area contributed by atoms with E-state index < -0.39 is 5.97 Å². The molecule has 2 rings (SSSR count). The Balaban J connectivity index is 1.67. The summed E-state index contributed by atoms with van der Waals surface area (Å²) in [6.45, 7) is 6.35. The van der Waals surface area contributed by atoms with Gasteiger partial charge in [-0.25, -0.2) is 4.79 Å². The summed E-state index contributed by atoms with van der Waals surface area (Å²) in [5, 5.41) is 12.2. The predicted octanol–water partition coefficient (Wildman–Crippen LogP) is 3.32. The third-order valence-corrected chi connectivity index (χ3v) is 6.12. The van der Waals surface area contributed by atoms with Gasteiger partial charge in [0.05, 0.1) is 6.54 Å². The van der Waals surface area contributed by atoms with Crippen molar-refractivity contribution in [3.05, 3.63) is 0 Å². The molecule has 0 aromatic heterocycles. The number of urea groups is 1. The van der Waals surface area contributed by atoms with E-state index in [4.69, 9.17) is 5.11 Å². The highest BCUT2D eigenvalue weighted by Crippen LogP contribution is 2.27. The minimum absolute atomic E-state index is 0.0425. The van der Waals surface area contributed by atoms with E-state index in [0.29, 0.717) is 13.1 Å². The van der Waals surface area contributed by atoms with Crippen LogP contribution in [0.25, 0.3) is 0 Å². The number of likely N-dealkylation sites (N-methyl/N-ethyl adjacent to an activating group) is 1. The first-order chi connectivity index (χ1) is 12.5. The minimum atomic E-state index is -0.779. The Hall–Kier alpha value is -1.30. The molecule has 2 N–H and O–H groups in total. The van der Waals surface area contributed by atoms with Gasteiger partial charge in [0.25, 0.3) is 0 Å². The highest BCUT2D eigenvalue weighted by molar-refractivity contribution is 5.74. The molecule has 2 aliphatic rings. The smallest absolute Gasteiger partial charge is 0.317 e. The van der Waals surface area contributed by atoms with Crippen molar-refractivity contribution in [3.8, 4) is 0 Å². The SMILES string of the molecule is CCN(CC(=O)O)C1CCN(C(=O)NC(C)CCC2CCCCC2)CC1. The number of aliphatic carboxylic acids is 1. The second kappa shape index (κ2) is 10.8. The van der Waals surface area contributed by atoms with Crippen LogP contribution in [0.2, 0.25) is 0 Å². The average molecular weight is 368 g/mol. The van der Waals surface area contributed by atoms with Gasteiger partial charge in [0, 0.05) is 25.2 Å². The van der Waals surface area contributed by atoms with E-state index in [1.54, 1.807) is 0 Å². The molecule has 1 heterocycles. The molecule has 0 aromatic carbocycles. The molecule has 26 heavy (non-hydrogen) atoms. The van der Waals surface area contributed by atoms with Gasteiger partial charge in [-0.15, -0.1) is 0 Å². The van der Waals surface area contributed by atoms with E-state index in [0.717, 1.165) is 31.7 Å². The number of rotatable bonds is 8. The van der Waals surface area contributed by atoms with E-state index >= 15 is 0 Å². The highest BCUT2D eigenvalue weighted by atomic mass is 16.4. The van der Waals surface area contributed by atoms with Gasteiger partial charge in [-0.1, -0.05) is 39.0 Å². The van der Waals surface area contributed by atoms with Crippen LogP contribution >= 0.6 is 0 Å². The van der Waals surface area contributed by atoms with Gasteiger partial charge in [-0.2, -0.15) is 0 Å². The topological polar surface area (TPSA) is 72.9 Å². The summed E-state index contributed by atoms with van der Waals surface area (Å²) in [4.78, 5) is 27.4. The lowest BCUT2D eigenvalue weighted by molar-refractivity contribution is -0.139. The van der Waals surface area contributed by atoms with Gasteiger partial charge < -0.3 is 15.3 Å². The lowest BCUT2D eigenvalue weighted by Crippen LogP contribution is -2.51. The zero-order valence-electron chi connectivity index (χ0n) is 16.6. The average Bonchev–Trinajstić information content (AvgIpc) is 2.65. The summed E-state index contributed by atoms with van der Waals surface area (Å²) in [5.74, 6) is 0.0759. The zero-order valence-corrected chi connectivity index (χ0v) is 16.6. The summed E-state index contributed by atoms with van der Waals surface area (Å²) in [6, 6.07) is 0.533. The molecular weight excluding hydrogens is 330 g/mol. The summed E-state index contributed by atoms with van der Waals surface area (Å²) < 4.78 is 0. The Morgan fingerprint density at radius 1 is 1.15 bits per heavy atom. The highest BCUT2D eigenvalue weighted by Gasteiger charge is 2.27. The Bertz CT molecular complexity index is 444. The first kappa shape index (κ1) is 21.0. The molecular formula is C20H37N3O3. The van der Waals surface area contributed by atoms with Crippen LogP contribution in [0.1, 0.15) is 71.6 Å².